The number of aryl methyl sites for hydroxylation is 1. The smallest absolute Gasteiger partial charge is 0.259 e. The van der Waals surface area contributed by atoms with Gasteiger partial charge in [0.25, 0.3) is 5.91 Å². The molecule has 2 aliphatic heterocycles. The van der Waals surface area contributed by atoms with Gasteiger partial charge in [-0.2, -0.15) is 11.3 Å². The fraction of sp³-hybridized carbons (Fsp3) is 0.333. The lowest BCUT2D eigenvalue weighted by Crippen LogP contribution is -2.39. The van der Waals surface area contributed by atoms with Crippen molar-refractivity contribution in [3.05, 3.63) is 68.3 Å². The van der Waals surface area contributed by atoms with Gasteiger partial charge in [-0.25, -0.2) is 0 Å². The van der Waals surface area contributed by atoms with Crippen LogP contribution in [0.1, 0.15) is 32.2 Å². The summed E-state index contributed by atoms with van der Waals surface area (Å²) in [4.78, 5) is 25.1. The van der Waals surface area contributed by atoms with E-state index in [1.54, 1.807) is 11.3 Å². The topological polar surface area (TPSA) is 36.4 Å². The zero-order chi connectivity index (χ0) is 18.4. The molecule has 138 valence electrons. The molecule has 1 amide bonds. The second kappa shape index (κ2) is 6.55. The number of hydrogen-bond donors (Lipinski definition) is 0. The minimum Gasteiger partial charge on any atom is -0.305 e. The first kappa shape index (κ1) is 17.1. The van der Waals surface area contributed by atoms with Gasteiger partial charge in [-0.3, -0.25) is 14.7 Å². The van der Waals surface area contributed by atoms with Crippen LogP contribution in [0.25, 0.3) is 0 Å². The van der Waals surface area contributed by atoms with Crippen molar-refractivity contribution < 1.29 is 4.79 Å². The molecule has 3 aromatic rings. The highest BCUT2D eigenvalue weighted by Gasteiger charge is 2.49. The number of thiophene rings is 2. The number of likely N-dealkylation sites (tertiary alicyclic amines) is 1. The van der Waals surface area contributed by atoms with Crippen molar-refractivity contribution in [1.29, 1.82) is 0 Å². The van der Waals surface area contributed by atoms with E-state index in [4.69, 9.17) is 4.98 Å². The van der Waals surface area contributed by atoms with Crippen molar-refractivity contribution in [3.63, 3.8) is 0 Å². The second-order valence-electron chi connectivity index (χ2n) is 7.53. The van der Waals surface area contributed by atoms with Crippen molar-refractivity contribution in [3.8, 4) is 0 Å². The van der Waals surface area contributed by atoms with E-state index >= 15 is 0 Å². The summed E-state index contributed by atoms with van der Waals surface area (Å²) in [6.45, 7) is 5.88. The Balaban J connectivity index is 1.43. The molecule has 3 aromatic heterocycles. The van der Waals surface area contributed by atoms with Gasteiger partial charge in [-0.1, -0.05) is 0 Å². The highest BCUT2D eigenvalue weighted by molar-refractivity contribution is 7.11. The second-order valence-corrected chi connectivity index (χ2v) is 9.68. The van der Waals surface area contributed by atoms with E-state index in [-0.39, 0.29) is 11.3 Å². The first-order valence-corrected chi connectivity index (χ1v) is 11.0. The van der Waals surface area contributed by atoms with E-state index in [1.165, 1.54) is 9.75 Å². The third kappa shape index (κ3) is 2.92. The van der Waals surface area contributed by atoms with E-state index in [9.17, 15) is 4.79 Å². The van der Waals surface area contributed by atoms with Crippen molar-refractivity contribution in [2.75, 3.05) is 24.5 Å². The minimum absolute atomic E-state index is 0.0470. The van der Waals surface area contributed by atoms with Crippen molar-refractivity contribution in [1.82, 2.24) is 9.88 Å². The van der Waals surface area contributed by atoms with Gasteiger partial charge in [0.1, 0.15) is 0 Å². The fourth-order valence-corrected chi connectivity index (χ4v) is 5.98. The third-order valence-corrected chi connectivity index (χ3v) is 7.33. The van der Waals surface area contributed by atoms with E-state index in [2.05, 4.69) is 24.0 Å². The molecule has 0 saturated carbocycles. The average molecular weight is 396 g/mol. The Labute approximate surface area is 167 Å². The summed E-state index contributed by atoms with van der Waals surface area (Å²) in [5.74, 6) is 0.0923. The van der Waals surface area contributed by atoms with Crippen LogP contribution < -0.4 is 4.90 Å². The largest absolute Gasteiger partial charge is 0.305 e. The average Bonchev–Trinajstić information content (AvgIpc) is 3.45. The highest BCUT2D eigenvalue weighted by atomic mass is 32.1. The summed E-state index contributed by atoms with van der Waals surface area (Å²) in [7, 11) is 0. The maximum absolute atomic E-state index is 13.1. The van der Waals surface area contributed by atoms with Gasteiger partial charge in [0.15, 0.2) is 0 Å². The number of pyridine rings is 1. The molecule has 27 heavy (non-hydrogen) atoms. The maximum atomic E-state index is 13.1. The molecule has 4 nitrogen and oxygen atoms in total. The number of fused-ring (bicyclic) bond motifs is 2. The Morgan fingerprint density at radius 1 is 1.26 bits per heavy atom. The molecule has 0 aliphatic carbocycles. The van der Waals surface area contributed by atoms with Gasteiger partial charge in [0, 0.05) is 46.4 Å². The van der Waals surface area contributed by atoms with Crippen LogP contribution in [0.5, 0.6) is 0 Å². The maximum Gasteiger partial charge on any atom is 0.259 e. The van der Waals surface area contributed by atoms with Gasteiger partial charge >= 0.3 is 0 Å². The summed E-state index contributed by atoms with van der Waals surface area (Å²) in [6.07, 6.45) is 2.92. The molecule has 1 spiro atoms. The molecule has 0 unspecified atom stereocenters. The summed E-state index contributed by atoms with van der Waals surface area (Å²) < 4.78 is 0. The van der Waals surface area contributed by atoms with Gasteiger partial charge in [-0.05, 0) is 55.6 Å². The summed E-state index contributed by atoms with van der Waals surface area (Å²) in [5.41, 5.74) is 2.81. The van der Waals surface area contributed by atoms with Gasteiger partial charge in [0.2, 0.25) is 0 Å². The monoisotopic (exact) mass is 395 g/mol. The van der Waals surface area contributed by atoms with Crippen molar-refractivity contribution in [2.24, 2.45) is 0 Å². The van der Waals surface area contributed by atoms with E-state index in [0.29, 0.717) is 0 Å². The minimum atomic E-state index is -0.0470. The number of rotatable bonds is 3. The number of carbonyl (C=O) groups excluding carboxylic acids is 1. The molecule has 0 aromatic carbocycles. The molecule has 0 bridgehead atoms. The molecular weight excluding hydrogens is 374 g/mol. The lowest BCUT2D eigenvalue weighted by molar-refractivity contribution is 0.0985. The SMILES string of the molecule is Cc1ccc(CN2CC[C@@]3(C2)CN(C(=O)c2ccsc2)c2cccnc23)s1. The Bertz CT molecular complexity index is 981. The molecule has 1 saturated heterocycles. The summed E-state index contributed by atoms with van der Waals surface area (Å²) in [6, 6.07) is 10.3. The number of aromatic nitrogens is 1. The van der Waals surface area contributed by atoms with Crippen LogP contribution in [0.3, 0.4) is 0 Å². The first-order valence-electron chi connectivity index (χ1n) is 9.22. The molecule has 5 heterocycles. The Morgan fingerprint density at radius 2 is 2.19 bits per heavy atom. The number of nitrogens with zero attached hydrogens (tertiary/aromatic N) is 3. The quantitative estimate of drug-likeness (QED) is 0.663. The predicted molar refractivity (Wildman–Crippen MR) is 111 cm³/mol. The fourth-order valence-electron chi connectivity index (χ4n) is 4.42. The van der Waals surface area contributed by atoms with Crippen molar-refractivity contribution in [2.45, 2.75) is 25.3 Å². The molecule has 2 aliphatic rings. The predicted octanol–water partition coefficient (Wildman–Crippen LogP) is 4.32. The zero-order valence-electron chi connectivity index (χ0n) is 15.2. The van der Waals surface area contributed by atoms with E-state index < -0.39 is 0 Å². The summed E-state index contributed by atoms with van der Waals surface area (Å²) >= 11 is 3.44. The van der Waals surface area contributed by atoms with E-state index in [0.717, 1.165) is 49.5 Å². The Morgan fingerprint density at radius 3 is 2.96 bits per heavy atom. The normalized spacial score (nSPS) is 21.9. The molecule has 6 heteroatoms. The van der Waals surface area contributed by atoms with Crippen LogP contribution in [0.4, 0.5) is 5.69 Å². The summed E-state index contributed by atoms with van der Waals surface area (Å²) in [5, 5.41) is 3.90. The Hall–Kier alpha value is -2.02. The molecule has 0 radical (unpaired) electrons. The molecular formula is C21H21N3OS2. The third-order valence-electron chi connectivity index (χ3n) is 5.66. The lowest BCUT2D eigenvalue weighted by atomic mass is 9.85. The molecule has 5 rings (SSSR count). The molecule has 0 N–H and O–H groups in total. The zero-order valence-corrected chi connectivity index (χ0v) is 16.9. The van der Waals surface area contributed by atoms with Crippen LogP contribution in [0.2, 0.25) is 0 Å². The van der Waals surface area contributed by atoms with Crippen LogP contribution in [-0.2, 0) is 12.0 Å². The molecule has 1 atom stereocenters. The first-order chi connectivity index (χ1) is 13.1. The number of anilines is 1. The standard InChI is InChI=1S/C21H21N3OS2/c1-15-4-5-17(27-15)11-23-9-7-21(13-23)14-24(18-3-2-8-22-19(18)21)20(25)16-6-10-26-12-16/h2-6,8,10,12H,7,9,11,13-14H2,1H3/t21-/m1/s1. The van der Waals surface area contributed by atoms with E-state index in [1.807, 2.05) is 51.4 Å². The van der Waals surface area contributed by atoms with Gasteiger partial charge in [-0.15, -0.1) is 11.3 Å². The van der Waals surface area contributed by atoms with Gasteiger partial charge < -0.3 is 4.90 Å². The van der Waals surface area contributed by atoms with Crippen molar-refractivity contribution >= 4 is 34.3 Å². The van der Waals surface area contributed by atoms with Crippen LogP contribution in [-0.4, -0.2) is 35.4 Å². The van der Waals surface area contributed by atoms with Crippen LogP contribution in [0.15, 0.2) is 47.3 Å². The number of amides is 1. The van der Waals surface area contributed by atoms with Crippen LogP contribution in [0, 0.1) is 6.92 Å². The molecule has 1 fully saturated rings. The lowest BCUT2D eigenvalue weighted by Gasteiger charge is -2.25. The van der Waals surface area contributed by atoms with Gasteiger partial charge in [0.05, 0.1) is 16.9 Å². The van der Waals surface area contributed by atoms with Crippen LogP contribution >= 0.6 is 22.7 Å². The number of carbonyl (C=O) groups is 1. The number of hydrogen-bond acceptors (Lipinski definition) is 5. The Kier molecular flexibility index (Phi) is 4.15. The highest BCUT2D eigenvalue weighted by Crippen LogP contribution is 2.46.